The zero-order valence-electron chi connectivity index (χ0n) is 16.5. The molecule has 2 aliphatic heterocycles. The van der Waals surface area contributed by atoms with Crippen LogP contribution in [-0.4, -0.2) is 52.6 Å². The summed E-state index contributed by atoms with van der Waals surface area (Å²) < 4.78 is 26.1. The summed E-state index contributed by atoms with van der Waals surface area (Å²) >= 11 is 0. The lowest BCUT2D eigenvalue weighted by Gasteiger charge is -2.38. The number of hydrogen-bond acceptors (Lipinski definition) is 4. The minimum Gasteiger partial charge on any atom is -0.371 e. The molecule has 6 heteroatoms. The van der Waals surface area contributed by atoms with Crippen LogP contribution in [0.1, 0.15) is 40.0 Å². The van der Waals surface area contributed by atoms with Crippen LogP contribution in [0.25, 0.3) is 0 Å². The van der Waals surface area contributed by atoms with Crippen molar-refractivity contribution in [2.24, 2.45) is 11.3 Å². The van der Waals surface area contributed by atoms with Crippen molar-refractivity contribution in [3.05, 3.63) is 24.3 Å². The number of likely N-dealkylation sites (tertiary alicyclic amines) is 1. The van der Waals surface area contributed by atoms with Gasteiger partial charge in [-0.25, -0.2) is 13.1 Å². The highest BCUT2D eigenvalue weighted by atomic mass is 32.2. The van der Waals surface area contributed by atoms with E-state index in [-0.39, 0.29) is 0 Å². The zero-order chi connectivity index (χ0) is 18.9. The Kier molecular flexibility index (Phi) is 5.66. The van der Waals surface area contributed by atoms with E-state index in [0.29, 0.717) is 16.4 Å². The van der Waals surface area contributed by atoms with E-state index in [1.807, 2.05) is 12.1 Å². The van der Waals surface area contributed by atoms with Gasteiger partial charge in [-0.2, -0.15) is 0 Å². The molecular weight excluding hydrogens is 346 g/mol. The Balaban J connectivity index is 1.56. The molecule has 3 rings (SSSR count). The Morgan fingerprint density at radius 1 is 1.00 bits per heavy atom. The lowest BCUT2D eigenvalue weighted by Crippen LogP contribution is -2.44. The molecule has 1 aromatic carbocycles. The van der Waals surface area contributed by atoms with E-state index in [0.717, 1.165) is 24.7 Å². The number of benzene rings is 1. The van der Waals surface area contributed by atoms with Crippen molar-refractivity contribution in [3.63, 3.8) is 0 Å². The van der Waals surface area contributed by atoms with Gasteiger partial charge >= 0.3 is 0 Å². The Labute approximate surface area is 158 Å². The summed E-state index contributed by atoms with van der Waals surface area (Å²) in [5, 5.41) is 0. The van der Waals surface area contributed by atoms with Crippen LogP contribution in [0.4, 0.5) is 5.69 Å². The molecule has 0 aromatic heterocycles. The number of hydrogen-bond donors (Lipinski definition) is 1. The lowest BCUT2D eigenvalue weighted by molar-refractivity contribution is 0.174. The highest BCUT2D eigenvalue weighted by Crippen LogP contribution is 2.36. The number of piperidine rings is 1. The third-order valence-electron chi connectivity index (χ3n) is 6.21. The van der Waals surface area contributed by atoms with E-state index in [4.69, 9.17) is 0 Å². The van der Waals surface area contributed by atoms with Crippen LogP contribution in [0, 0.1) is 11.3 Å². The second kappa shape index (κ2) is 7.49. The van der Waals surface area contributed by atoms with E-state index in [1.54, 1.807) is 12.1 Å². The van der Waals surface area contributed by atoms with Gasteiger partial charge in [-0.1, -0.05) is 20.8 Å². The average Bonchev–Trinajstić information content (AvgIpc) is 3.12. The first kappa shape index (κ1) is 19.6. The minimum absolute atomic E-state index is 0.323. The van der Waals surface area contributed by atoms with Gasteiger partial charge in [0.2, 0.25) is 10.0 Å². The Bertz CT molecular complexity index is 702. The summed E-state index contributed by atoms with van der Waals surface area (Å²) in [4.78, 5) is 5.41. The Morgan fingerprint density at radius 3 is 2.12 bits per heavy atom. The van der Waals surface area contributed by atoms with Gasteiger partial charge in [-0.15, -0.1) is 0 Å². The smallest absolute Gasteiger partial charge is 0.240 e. The van der Waals surface area contributed by atoms with Crippen molar-refractivity contribution in [2.75, 3.05) is 38.1 Å². The van der Waals surface area contributed by atoms with Crippen molar-refractivity contribution in [1.82, 2.24) is 9.62 Å². The molecule has 2 heterocycles. The molecule has 0 spiro atoms. The highest BCUT2D eigenvalue weighted by Gasteiger charge is 2.35. The molecule has 0 aliphatic carbocycles. The van der Waals surface area contributed by atoms with E-state index >= 15 is 0 Å². The van der Waals surface area contributed by atoms with Crippen molar-refractivity contribution in [3.8, 4) is 0 Å². The Morgan fingerprint density at radius 2 is 1.62 bits per heavy atom. The fraction of sp³-hybridized carbons (Fsp3) is 0.700. The van der Waals surface area contributed by atoms with Crippen molar-refractivity contribution < 1.29 is 8.42 Å². The molecule has 0 saturated carbocycles. The number of sulfonamides is 1. The third kappa shape index (κ3) is 4.24. The van der Waals surface area contributed by atoms with E-state index in [2.05, 4.69) is 35.3 Å². The molecule has 1 unspecified atom stereocenters. The van der Waals surface area contributed by atoms with Gasteiger partial charge in [0.05, 0.1) is 4.90 Å². The quantitative estimate of drug-likeness (QED) is 0.874. The van der Waals surface area contributed by atoms with Crippen LogP contribution in [0.15, 0.2) is 29.2 Å². The number of nitrogens with one attached hydrogen (secondary N) is 1. The molecule has 0 radical (unpaired) electrons. The SMILES string of the molecule is CNS(=O)(=O)c1ccc(N2CCC(N3CCC(C(C)(C)C)C3)CC2)cc1. The summed E-state index contributed by atoms with van der Waals surface area (Å²) in [5.74, 6) is 0.808. The normalized spacial score (nSPS) is 23.5. The van der Waals surface area contributed by atoms with Gasteiger partial charge in [0.15, 0.2) is 0 Å². The first-order valence-corrected chi connectivity index (χ1v) is 11.2. The predicted octanol–water partition coefficient (Wildman–Crippen LogP) is 2.93. The van der Waals surface area contributed by atoms with Gasteiger partial charge < -0.3 is 4.90 Å². The number of anilines is 1. The second-order valence-corrected chi connectivity index (χ2v) is 10.7. The van der Waals surface area contributed by atoms with E-state index in [1.165, 1.54) is 39.4 Å². The van der Waals surface area contributed by atoms with Crippen LogP contribution >= 0.6 is 0 Å². The van der Waals surface area contributed by atoms with E-state index in [9.17, 15) is 8.42 Å². The fourth-order valence-electron chi connectivity index (χ4n) is 4.27. The van der Waals surface area contributed by atoms with Crippen molar-refractivity contribution in [2.45, 2.75) is 51.0 Å². The molecule has 146 valence electrons. The topological polar surface area (TPSA) is 52.7 Å². The fourth-order valence-corrected chi connectivity index (χ4v) is 5.00. The zero-order valence-corrected chi connectivity index (χ0v) is 17.3. The molecule has 2 fully saturated rings. The monoisotopic (exact) mass is 379 g/mol. The maximum absolute atomic E-state index is 11.8. The number of nitrogens with zero attached hydrogens (tertiary/aromatic N) is 2. The summed E-state index contributed by atoms with van der Waals surface area (Å²) in [5.41, 5.74) is 1.53. The molecule has 1 aromatic rings. The van der Waals surface area contributed by atoms with Gasteiger partial charge in [0.1, 0.15) is 0 Å². The van der Waals surface area contributed by atoms with Gasteiger partial charge in [0, 0.05) is 31.4 Å². The third-order valence-corrected chi connectivity index (χ3v) is 7.64. The van der Waals surface area contributed by atoms with Crippen LogP contribution in [-0.2, 0) is 10.0 Å². The first-order chi connectivity index (χ1) is 12.2. The standard InChI is InChI=1S/C20H33N3O2S/c1-20(2,3)16-9-12-23(15-16)18-10-13-22(14-11-18)17-5-7-19(8-6-17)26(24,25)21-4/h5-8,16,18,21H,9-15H2,1-4H3. The van der Waals surface area contributed by atoms with Crippen molar-refractivity contribution >= 4 is 15.7 Å². The summed E-state index contributed by atoms with van der Waals surface area (Å²) in [6, 6.07) is 7.94. The van der Waals surface area contributed by atoms with Gasteiger partial charge in [-0.3, -0.25) is 4.90 Å². The molecular formula is C20H33N3O2S. The maximum atomic E-state index is 11.8. The second-order valence-electron chi connectivity index (χ2n) is 8.77. The van der Waals surface area contributed by atoms with Crippen LogP contribution in [0.5, 0.6) is 0 Å². The van der Waals surface area contributed by atoms with Gasteiger partial charge in [-0.05, 0) is 68.5 Å². The molecule has 2 aliphatic rings. The Hall–Kier alpha value is -1.11. The molecule has 5 nitrogen and oxygen atoms in total. The molecule has 1 atom stereocenters. The molecule has 0 bridgehead atoms. The lowest BCUT2D eigenvalue weighted by atomic mass is 9.80. The average molecular weight is 380 g/mol. The largest absolute Gasteiger partial charge is 0.371 e. The molecule has 26 heavy (non-hydrogen) atoms. The first-order valence-electron chi connectivity index (χ1n) is 9.73. The molecule has 2 saturated heterocycles. The summed E-state index contributed by atoms with van der Waals surface area (Å²) in [6.45, 7) is 11.7. The van der Waals surface area contributed by atoms with Crippen LogP contribution in [0.2, 0.25) is 0 Å². The van der Waals surface area contributed by atoms with Gasteiger partial charge in [0.25, 0.3) is 0 Å². The summed E-state index contributed by atoms with van der Waals surface area (Å²) in [7, 11) is -1.92. The number of rotatable bonds is 4. The van der Waals surface area contributed by atoms with Crippen molar-refractivity contribution in [1.29, 1.82) is 0 Å². The van der Waals surface area contributed by atoms with Crippen LogP contribution in [0.3, 0.4) is 0 Å². The predicted molar refractivity (Wildman–Crippen MR) is 107 cm³/mol. The molecule has 0 amide bonds. The highest BCUT2D eigenvalue weighted by molar-refractivity contribution is 7.89. The summed E-state index contributed by atoms with van der Waals surface area (Å²) in [6.07, 6.45) is 3.70. The molecule has 1 N–H and O–H groups in total. The maximum Gasteiger partial charge on any atom is 0.240 e. The minimum atomic E-state index is -3.36. The van der Waals surface area contributed by atoms with Crippen LogP contribution < -0.4 is 9.62 Å². The van der Waals surface area contributed by atoms with E-state index < -0.39 is 10.0 Å².